The van der Waals surface area contributed by atoms with E-state index in [0.717, 1.165) is 21.6 Å². The maximum Gasteiger partial charge on any atom is 0.136 e. The maximum absolute atomic E-state index is 15.5. The van der Waals surface area contributed by atoms with Gasteiger partial charge in [-0.15, -0.1) is 11.3 Å². The van der Waals surface area contributed by atoms with E-state index in [4.69, 9.17) is 11.6 Å². The molecule has 0 aliphatic heterocycles. The fourth-order valence-corrected chi connectivity index (χ4v) is 4.01. The lowest BCUT2D eigenvalue weighted by atomic mass is 9.97. The van der Waals surface area contributed by atoms with Gasteiger partial charge in [-0.3, -0.25) is 0 Å². The molecule has 6 heteroatoms. The van der Waals surface area contributed by atoms with Gasteiger partial charge in [0.05, 0.1) is 15.7 Å². The Labute approximate surface area is 166 Å². The summed E-state index contributed by atoms with van der Waals surface area (Å²) in [5, 5.41) is 0.573. The first-order chi connectivity index (χ1) is 13.0. The summed E-state index contributed by atoms with van der Waals surface area (Å²) >= 11 is 7.64. The average molecular weight is 398 g/mol. The Balaban J connectivity index is 1.81. The molecule has 0 saturated carbocycles. The molecule has 0 aliphatic carbocycles. The third-order valence-corrected chi connectivity index (χ3v) is 5.42. The van der Waals surface area contributed by atoms with E-state index >= 15 is 4.39 Å². The van der Waals surface area contributed by atoms with E-state index in [0.29, 0.717) is 28.1 Å². The number of hydrogen-bond acceptors (Lipinski definition) is 4. The molecule has 2 heterocycles. The molecule has 0 atom stereocenters. The number of benzene rings is 2. The third kappa shape index (κ3) is 3.53. The van der Waals surface area contributed by atoms with Crippen molar-refractivity contribution in [1.29, 1.82) is 0 Å². The normalized spacial score (nSPS) is 11.1. The van der Waals surface area contributed by atoms with E-state index in [9.17, 15) is 0 Å². The van der Waals surface area contributed by atoms with Crippen molar-refractivity contribution in [2.24, 2.45) is 0 Å². The minimum atomic E-state index is -0.257. The minimum Gasteiger partial charge on any atom is -0.363 e. The molecule has 2 aromatic heterocycles. The lowest BCUT2D eigenvalue weighted by Crippen LogP contribution is -2.10. The second-order valence-electron chi connectivity index (χ2n) is 6.53. The first kappa shape index (κ1) is 17.9. The van der Waals surface area contributed by atoms with E-state index in [1.165, 1.54) is 11.3 Å². The summed E-state index contributed by atoms with van der Waals surface area (Å²) in [6, 6.07) is 13.1. The van der Waals surface area contributed by atoms with Crippen LogP contribution in [0, 0.1) is 5.82 Å². The van der Waals surface area contributed by atoms with E-state index in [1.54, 1.807) is 23.8 Å². The van der Waals surface area contributed by atoms with Crippen LogP contribution in [0.2, 0.25) is 5.02 Å². The number of anilines is 1. The van der Waals surface area contributed by atoms with Crippen LogP contribution in [0.4, 0.5) is 10.2 Å². The van der Waals surface area contributed by atoms with E-state index in [1.807, 2.05) is 49.3 Å². The third-order valence-electron chi connectivity index (χ3n) is 4.41. The topological polar surface area (TPSA) is 29.0 Å². The Morgan fingerprint density at radius 3 is 2.67 bits per heavy atom. The zero-order valence-electron chi connectivity index (χ0n) is 14.9. The quantitative estimate of drug-likeness (QED) is 0.435. The molecule has 3 nitrogen and oxygen atoms in total. The number of fused-ring (bicyclic) bond motifs is 1. The molecular weight excluding hydrogens is 381 g/mol. The summed E-state index contributed by atoms with van der Waals surface area (Å²) in [5.41, 5.74) is 5.24. The number of halogens is 2. The maximum atomic E-state index is 15.5. The smallest absolute Gasteiger partial charge is 0.136 e. The highest BCUT2D eigenvalue weighted by atomic mass is 35.5. The molecule has 0 saturated heterocycles. The van der Waals surface area contributed by atoms with Crippen molar-refractivity contribution in [3.05, 3.63) is 76.1 Å². The predicted molar refractivity (Wildman–Crippen MR) is 111 cm³/mol. The number of rotatable bonds is 4. The van der Waals surface area contributed by atoms with Crippen molar-refractivity contribution in [2.45, 2.75) is 6.42 Å². The van der Waals surface area contributed by atoms with Gasteiger partial charge in [-0.2, -0.15) is 0 Å². The van der Waals surface area contributed by atoms with Crippen LogP contribution < -0.4 is 4.90 Å². The van der Waals surface area contributed by atoms with Crippen molar-refractivity contribution in [1.82, 2.24) is 9.97 Å². The van der Waals surface area contributed by atoms with Gasteiger partial charge in [-0.25, -0.2) is 14.4 Å². The minimum absolute atomic E-state index is 0.257. The van der Waals surface area contributed by atoms with Crippen molar-refractivity contribution in [3.63, 3.8) is 0 Å². The molecule has 0 spiro atoms. The molecule has 0 bridgehead atoms. The molecule has 0 radical (unpaired) electrons. The van der Waals surface area contributed by atoms with Crippen LogP contribution in [0.15, 0.2) is 54.2 Å². The van der Waals surface area contributed by atoms with Gasteiger partial charge >= 0.3 is 0 Å². The molecule has 0 aliphatic rings. The monoisotopic (exact) mass is 397 g/mol. The highest BCUT2D eigenvalue weighted by Crippen LogP contribution is 2.36. The van der Waals surface area contributed by atoms with Crippen LogP contribution in [0.3, 0.4) is 0 Å². The van der Waals surface area contributed by atoms with Crippen molar-refractivity contribution in [2.75, 3.05) is 19.0 Å². The van der Waals surface area contributed by atoms with Crippen LogP contribution in [-0.4, -0.2) is 24.1 Å². The van der Waals surface area contributed by atoms with Crippen LogP contribution in [-0.2, 0) is 6.42 Å². The summed E-state index contributed by atoms with van der Waals surface area (Å²) in [6.45, 7) is 0. The molecule has 0 N–H and O–H groups in total. The Morgan fingerprint density at radius 1 is 1.11 bits per heavy atom. The van der Waals surface area contributed by atoms with E-state index in [2.05, 4.69) is 9.97 Å². The Bertz CT molecular complexity index is 1110. The number of nitrogens with zero attached hydrogens (tertiary/aromatic N) is 3. The molecule has 0 unspecified atom stereocenters. The first-order valence-electron chi connectivity index (χ1n) is 8.45. The molecule has 27 heavy (non-hydrogen) atoms. The summed E-state index contributed by atoms with van der Waals surface area (Å²) in [5.74, 6) is 0.615. The summed E-state index contributed by atoms with van der Waals surface area (Å²) < 4.78 is 16.4. The SMILES string of the molecule is CN(C)c1ccc(Cc2cc3scnc3c(-c3cccc(Cl)c3)c2F)cn1. The van der Waals surface area contributed by atoms with Crippen LogP contribution in [0.25, 0.3) is 21.3 Å². The number of pyridine rings is 1. The molecule has 4 aromatic rings. The fraction of sp³-hybridized carbons (Fsp3) is 0.143. The molecule has 0 amide bonds. The second kappa shape index (κ2) is 7.25. The Kier molecular flexibility index (Phi) is 4.81. The van der Waals surface area contributed by atoms with Gasteiger partial charge in [-0.1, -0.05) is 29.8 Å². The van der Waals surface area contributed by atoms with Gasteiger partial charge in [-0.05, 0) is 41.0 Å². The van der Waals surface area contributed by atoms with Gasteiger partial charge in [0.25, 0.3) is 0 Å². The van der Waals surface area contributed by atoms with Crippen molar-refractivity contribution in [3.8, 4) is 11.1 Å². The number of thiazole rings is 1. The number of aromatic nitrogens is 2. The van der Waals surface area contributed by atoms with Gasteiger partial charge < -0.3 is 4.90 Å². The Morgan fingerprint density at radius 2 is 1.96 bits per heavy atom. The fourth-order valence-electron chi connectivity index (χ4n) is 3.07. The van der Waals surface area contributed by atoms with E-state index < -0.39 is 0 Å². The largest absolute Gasteiger partial charge is 0.363 e. The van der Waals surface area contributed by atoms with E-state index in [-0.39, 0.29) is 5.82 Å². The zero-order chi connectivity index (χ0) is 19.0. The highest BCUT2D eigenvalue weighted by molar-refractivity contribution is 7.16. The zero-order valence-corrected chi connectivity index (χ0v) is 16.5. The van der Waals surface area contributed by atoms with Crippen LogP contribution >= 0.6 is 22.9 Å². The lowest BCUT2D eigenvalue weighted by Gasteiger charge is -2.13. The van der Waals surface area contributed by atoms with Gasteiger partial charge in [0.15, 0.2) is 0 Å². The van der Waals surface area contributed by atoms with Crippen molar-refractivity contribution >= 4 is 39.0 Å². The predicted octanol–water partition coefficient (Wildman–Crippen LogP) is 5.81. The van der Waals surface area contributed by atoms with Gasteiger partial charge in [0.2, 0.25) is 0 Å². The molecular formula is C21H17ClFN3S. The van der Waals surface area contributed by atoms with Gasteiger partial charge in [0, 0.05) is 37.3 Å². The summed E-state index contributed by atoms with van der Waals surface area (Å²) in [4.78, 5) is 10.7. The molecule has 4 rings (SSSR count). The summed E-state index contributed by atoms with van der Waals surface area (Å²) in [6.07, 6.45) is 2.26. The van der Waals surface area contributed by atoms with Crippen LogP contribution in [0.1, 0.15) is 11.1 Å². The molecule has 2 aromatic carbocycles. The Hall–Kier alpha value is -2.50. The van der Waals surface area contributed by atoms with Crippen LogP contribution in [0.5, 0.6) is 0 Å². The van der Waals surface area contributed by atoms with Crippen molar-refractivity contribution < 1.29 is 4.39 Å². The lowest BCUT2D eigenvalue weighted by molar-refractivity contribution is 0.619. The first-order valence-corrected chi connectivity index (χ1v) is 9.71. The standard InChI is InChI=1S/C21H17ClFN3S/c1-26(2)18-7-6-13(11-24-18)8-15-10-17-21(25-12-27-17)19(20(15)23)14-4-3-5-16(22)9-14/h3-7,9-12H,8H2,1-2H3. The molecule has 136 valence electrons. The average Bonchev–Trinajstić information content (AvgIpc) is 3.10. The summed E-state index contributed by atoms with van der Waals surface area (Å²) in [7, 11) is 3.88. The van der Waals surface area contributed by atoms with Gasteiger partial charge in [0.1, 0.15) is 11.6 Å². The highest BCUT2D eigenvalue weighted by Gasteiger charge is 2.18. The second-order valence-corrected chi connectivity index (χ2v) is 7.85. The molecule has 0 fully saturated rings. The number of hydrogen-bond donors (Lipinski definition) is 0.